The van der Waals surface area contributed by atoms with E-state index in [9.17, 15) is 10.1 Å². The molecule has 0 radical (unpaired) electrons. The number of thioether (sulfide) groups is 1. The van der Waals surface area contributed by atoms with Gasteiger partial charge in [-0.2, -0.15) is 5.26 Å². The van der Waals surface area contributed by atoms with Gasteiger partial charge in [0.05, 0.1) is 23.5 Å². The van der Waals surface area contributed by atoms with Crippen molar-refractivity contribution in [1.29, 1.82) is 5.26 Å². The zero-order valence-corrected chi connectivity index (χ0v) is 15.4. The molecular formula is C17H23N5O2S. The number of carbonyl (C=O) groups excluding carboxylic acids is 1. The van der Waals surface area contributed by atoms with Gasteiger partial charge in [0, 0.05) is 38.2 Å². The highest BCUT2D eigenvalue weighted by Gasteiger charge is 2.33. The molecule has 0 saturated carbocycles. The summed E-state index contributed by atoms with van der Waals surface area (Å²) in [4.78, 5) is 18.2. The maximum Gasteiger partial charge on any atom is 0.227 e. The van der Waals surface area contributed by atoms with Crippen molar-refractivity contribution in [3.8, 4) is 6.07 Å². The molecule has 3 N–H and O–H groups in total. The van der Waals surface area contributed by atoms with E-state index in [1.807, 2.05) is 13.8 Å². The molecule has 134 valence electrons. The number of fused-ring (bicyclic) bond motifs is 1. The van der Waals surface area contributed by atoms with Crippen molar-refractivity contribution < 1.29 is 9.53 Å². The Labute approximate surface area is 151 Å². The smallest absolute Gasteiger partial charge is 0.227 e. The maximum absolute atomic E-state index is 11.2. The van der Waals surface area contributed by atoms with E-state index in [-0.39, 0.29) is 11.4 Å². The van der Waals surface area contributed by atoms with Crippen molar-refractivity contribution >= 4 is 23.5 Å². The van der Waals surface area contributed by atoms with Crippen molar-refractivity contribution in [3.63, 3.8) is 0 Å². The highest BCUT2D eigenvalue weighted by molar-refractivity contribution is 8.00. The minimum absolute atomic E-state index is 0.112. The lowest BCUT2D eigenvalue weighted by atomic mass is 9.89. The van der Waals surface area contributed by atoms with Crippen molar-refractivity contribution in [2.45, 2.75) is 37.5 Å². The number of nitrogens with zero attached hydrogens (tertiary/aromatic N) is 3. The van der Waals surface area contributed by atoms with Gasteiger partial charge in [-0.1, -0.05) is 11.8 Å². The monoisotopic (exact) mass is 361 g/mol. The first-order valence-electron chi connectivity index (χ1n) is 8.38. The lowest BCUT2D eigenvalue weighted by Crippen LogP contribution is -2.45. The van der Waals surface area contributed by atoms with Crippen LogP contribution in [-0.2, 0) is 22.6 Å². The Morgan fingerprint density at radius 1 is 1.44 bits per heavy atom. The highest BCUT2D eigenvalue weighted by Crippen LogP contribution is 2.38. The van der Waals surface area contributed by atoms with Crippen LogP contribution in [0.25, 0.3) is 0 Å². The second kappa shape index (κ2) is 7.20. The number of aromatic nitrogens is 1. The Hall–Kier alpha value is -1.82. The average molecular weight is 361 g/mol. The number of piperazine rings is 1. The molecule has 1 aromatic rings. The van der Waals surface area contributed by atoms with E-state index >= 15 is 0 Å². The molecule has 8 heteroatoms. The predicted octanol–water partition coefficient (Wildman–Crippen LogP) is 0.792. The molecule has 0 aliphatic carbocycles. The molecule has 2 aliphatic heterocycles. The molecule has 0 bridgehead atoms. The molecule has 1 fully saturated rings. The van der Waals surface area contributed by atoms with Gasteiger partial charge in [-0.3, -0.25) is 4.79 Å². The fraction of sp³-hybridized carbons (Fsp3) is 0.588. The Kier molecular flexibility index (Phi) is 5.18. The second-order valence-electron chi connectivity index (χ2n) is 6.90. The summed E-state index contributed by atoms with van der Waals surface area (Å²) < 4.78 is 5.99. The minimum atomic E-state index is -0.416. The largest absolute Gasteiger partial charge is 0.370 e. The van der Waals surface area contributed by atoms with E-state index in [0.717, 1.165) is 43.1 Å². The van der Waals surface area contributed by atoms with E-state index in [1.54, 1.807) is 0 Å². The second-order valence-corrected chi connectivity index (χ2v) is 7.87. The number of anilines is 1. The molecular weight excluding hydrogens is 338 g/mol. The number of hydrogen-bond donors (Lipinski definition) is 2. The third-order valence-electron chi connectivity index (χ3n) is 4.45. The van der Waals surface area contributed by atoms with E-state index in [2.05, 4.69) is 16.3 Å². The average Bonchev–Trinajstić information content (AvgIpc) is 2.58. The molecule has 0 atom stereocenters. The predicted molar refractivity (Wildman–Crippen MR) is 96.5 cm³/mol. The third kappa shape index (κ3) is 3.89. The van der Waals surface area contributed by atoms with Crippen LogP contribution in [0.1, 0.15) is 30.5 Å². The van der Waals surface area contributed by atoms with Crippen LogP contribution < -0.4 is 16.0 Å². The van der Waals surface area contributed by atoms with Crippen molar-refractivity contribution in [2.24, 2.45) is 5.73 Å². The Morgan fingerprint density at radius 2 is 2.16 bits per heavy atom. The molecule has 7 nitrogen and oxygen atoms in total. The summed E-state index contributed by atoms with van der Waals surface area (Å²) in [5.74, 6) is 0.570. The summed E-state index contributed by atoms with van der Waals surface area (Å²) in [6, 6.07) is 2.29. The van der Waals surface area contributed by atoms with Crippen LogP contribution in [0.15, 0.2) is 5.03 Å². The number of nitrogens with two attached hydrogens (primary N) is 1. The van der Waals surface area contributed by atoms with Crippen molar-refractivity contribution in [3.05, 3.63) is 16.7 Å². The standard InChI is InChI=1S/C17H23N5O2S/c1-17(2)7-11-12(8-18)16(25-10-14(19)23)21-15(13(11)9-24-17)22-5-3-20-4-6-22/h20H,3-7,9-10H2,1-2H3,(H2,19,23). The van der Waals surface area contributed by atoms with Crippen LogP contribution in [-0.4, -0.2) is 48.4 Å². The molecule has 3 heterocycles. The summed E-state index contributed by atoms with van der Waals surface area (Å²) in [6.45, 7) is 8.00. The fourth-order valence-corrected chi connectivity index (χ4v) is 3.97. The number of ether oxygens (including phenoxy) is 1. The first-order valence-corrected chi connectivity index (χ1v) is 9.36. The summed E-state index contributed by atoms with van der Waals surface area (Å²) in [7, 11) is 0. The normalized spacial score (nSPS) is 19.2. The molecule has 1 amide bonds. The Balaban J connectivity index is 2.09. The molecule has 1 aromatic heterocycles. The number of amides is 1. The van der Waals surface area contributed by atoms with Gasteiger partial charge in [-0.15, -0.1) is 0 Å². The van der Waals surface area contributed by atoms with Gasteiger partial charge in [0.1, 0.15) is 16.9 Å². The summed E-state index contributed by atoms with van der Waals surface area (Å²) in [5.41, 5.74) is 7.51. The number of primary amides is 1. The van der Waals surface area contributed by atoms with Crippen molar-refractivity contribution in [2.75, 3.05) is 36.8 Å². The van der Waals surface area contributed by atoms with Gasteiger partial charge in [0.25, 0.3) is 0 Å². The van der Waals surface area contributed by atoms with E-state index in [4.69, 9.17) is 15.5 Å². The van der Waals surface area contributed by atoms with Gasteiger partial charge < -0.3 is 20.7 Å². The Morgan fingerprint density at radius 3 is 2.80 bits per heavy atom. The quantitative estimate of drug-likeness (QED) is 0.764. The number of hydrogen-bond acceptors (Lipinski definition) is 7. The zero-order valence-electron chi connectivity index (χ0n) is 14.6. The minimum Gasteiger partial charge on any atom is -0.370 e. The van der Waals surface area contributed by atoms with Crippen molar-refractivity contribution in [1.82, 2.24) is 10.3 Å². The fourth-order valence-electron chi connectivity index (χ4n) is 3.22. The molecule has 0 spiro atoms. The van der Waals surface area contributed by atoms with Crippen LogP contribution in [0, 0.1) is 11.3 Å². The number of nitrogens with one attached hydrogen (secondary N) is 1. The van der Waals surface area contributed by atoms with Crippen LogP contribution in [0.5, 0.6) is 0 Å². The molecule has 3 rings (SSSR count). The summed E-state index contributed by atoms with van der Waals surface area (Å²) >= 11 is 1.24. The number of pyridine rings is 1. The summed E-state index contributed by atoms with van der Waals surface area (Å²) in [6.07, 6.45) is 0.650. The van der Waals surface area contributed by atoms with Crippen LogP contribution in [0.4, 0.5) is 5.82 Å². The van der Waals surface area contributed by atoms with Gasteiger partial charge in [0.15, 0.2) is 0 Å². The molecule has 2 aliphatic rings. The first kappa shape index (κ1) is 18.0. The SMILES string of the molecule is CC1(C)Cc2c(C#N)c(SCC(N)=O)nc(N3CCNCC3)c2CO1. The highest BCUT2D eigenvalue weighted by atomic mass is 32.2. The van der Waals surface area contributed by atoms with Crippen LogP contribution in [0.2, 0.25) is 0 Å². The molecule has 0 unspecified atom stereocenters. The van der Waals surface area contributed by atoms with Crippen LogP contribution >= 0.6 is 11.8 Å². The van der Waals surface area contributed by atoms with Gasteiger partial charge in [0.2, 0.25) is 5.91 Å². The molecule has 0 aromatic carbocycles. The lowest BCUT2D eigenvalue weighted by Gasteiger charge is -2.37. The number of nitriles is 1. The zero-order chi connectivity index (χ0) is 18.0. The Bertz CT molecular complexity index is 723. The molecule has 25 heavy (non-hydrogen) atoms. The van der Waals surface area contributed by atoms with E-state index in [1.165, 1.54) is 11.8 Å². The molecule has 1 saturated heterocycles. The van der Waals surface area contributed by atoms with E-state index < -0.39 is 5.91 Å². The topological polar surface area (TPSA) is 104 Å². The van der Waals surface area contributed by atoms with Gasteiger partial charge >= 0.3 is 0 Å². The lowest BCUT2D eigenvalue weighted by molar-refractivity contribution is -0.115. The van der Waals surface area contributed by atoms with Crippen LogP contribution in [0.3, 0.4) is 0 Å². The number of carbonyl (C=O) groups is 1. The number of rotatable bonds is 4. The first-order chi connectivity index (χ1) is 11.9. The van der Waals surface area contributed by atoms with Gasteiger partial charge in [-0.05, 0) is 19.4 Å². The van der Waals surface area contributed by atoms with E-state index in [0.29, 0.717) is 23.6 Å². The maximum atomic E-state index is 11.2. The third-order valence-corrected chi connectivity index (χ3v) is 5.44. The van der Waals surface area contributed by atoms with Gasteiger partial charge in [-0.25, -0.2) is 4.98 Å². The summed E-state index contributed by atoms with van der Waals surface area (Å²) in [5, 5.41) is 13.7.